The van der Waals surface area contributed by atoms with E-state index in [4.69, 9.17) is 0 Å². The molecule has 170 valence electrons. The fourth-order valence-electron chi connectivity index (χ4n) is 4.41. The smallest absolute Gasteiger partial charge is 0.295 e. The molecule has 0 saturated carbocycles. The van der Waals surface area contributed by atoms with E-state index in [9.17, 15) is 19.2 Å². The predicted octanol–water partition coefficient (Wildman–Crippen LogP) is 4.58. The van der Waals surface area contributed by atoms with E-state index < -0.39 is 17.1 Å². The summed E-state index contributed by atoms with van der Waals surface area (Å²) in [4.78, 5) is 56.0. The average Bonchev–Trinajstić information content (AvgIpc) is 3.37. The third-order valence-corrected chi connectivity index (χ3v) is 7.16. The second kappa shape index (κ2) is 10.1. The number of hydrogen-bond acceptors (Lipinski definition) is 5. The van der Waals surface area contributed by atoms with Crippen LogP contribution in [0.15, 0.2) is 64.9 Å². The van der Waals surface area contributed by atoms with Crippen LogP contribution in [0.25, 0.3) is 10.6 Å². The minimum absolute atomic E-state index is 0.127. The second-order valence-corrected chi connectivity index (χ2v) is 9.44. The third kappa shape index (κ3) is 5.20. The molecule has 0 bridgehead atoms. The monoisotopic (exact) mass is 462 g/mol. The number of amides is 1. The van der Waals surface area contributed by atoms with Crippen molar-refractivity contribution in [2.24, 2.45) is 5.92 Å². The number of thiophene rings is 1. The molecule has 1 aliphatic rings. The van der Waals surface area contributed by atoms with Crippen molar-refractivity contribution in [2.75, 3.05) is 6.54 Å². The van der Waals surface area contributed by atoms with Crippen LogP contribution in [0.1, 0.15) is 53.3 Å². The van der Waals surface area contributed by atoms with Gasteiger partial charge in [-0.05, 0) is 43.6 Å². The summed E-state index contributed by atoms with van der Waals surface area (Å²) in [6, 6.07) is 14.2. The molecule has 1 unspecified atom stereocenters. The molecule has 2 aromatic heterocycles. The fraction of sp³-hybridized carbons (Fsp3) is 0.308. The molecule has 3 aromatic rings. The molecule has 1 saturated heterocycles. The largest absolute Gasteiger partial charge is 0.360 e. The fourth-order valence-corrected chi connectivity index (χ4v) is 5.11. The van der Waals surface area contributed by atoms with E-state index in [2.05, 4.69) is 4.98 Å². The molecule has 1 fully saturated rings. The number of carbonyl (C=O) groups is 3. The Balaban J connectivity index is 1.35. The molecule has 1 aromatic carbocycles. The second-order valence-electron chi connectivity index (χ2n) is 8.50. The number of pyridine rings is 1. The quantitative estimate of drug-likeness (QED) is 0.411. The Bertz CT molecular complexity index is 1200. The highest BCUT2D eigenvalue weighted by Gasteiger charge is 2.33. The predicted molar refractivity (Wildman–Crippen MR) is 129 cm³/mol. The van der Waals surface area contributed by atoms with Gasteiger partial charge in [-0.25, -0.2) is 0 Å². The molecule has 0 spiro atoms. The van der Waals surface area contributed by atoms with Crippen molar-refractivity contribution >= 4 is 28.8 Å². The molecule has 3 heterocycles. The normalized spacial score (nSPS) is 18.2. The Morgan fingerprint density at radius 2 is 1.91 bits per heavy atom. The van der Waals surface area contributed by atoms with Gasteiger partial charge in [-0.15, -0.1) is 11.3 Å². The first kappa shape index (κ1) is 22.9. The first-order chi connectivity index (χ1) is 15.9. The number of ketones is 2. The van der Waals surface area contributed by atoms with E-state index in [1.807, 2.05) is 54.8 Å². The van der Waals surface area contributed by atoms with Crippen LogP contribution in [-0.2, 0) is 4.79 Å². The van der Waals surface area contributed by atoms with Crippen molar-refractivity contribution in [1.82, 2.24) is 9.88 Å². The van der Waals surface area contributed by atoms with Gasteiger partial charge in [0.15, 0.2) is 11.2 Å². The molecule has 7 heteroatoms. The van der Waals surface area contributed by atoms with Gasteiger partial charge in [-0.2, -0.15) is 0 Å². The number of likely N-dealkylation sites (tertiary alicyclic amines) is 1. The van der Waals surface area contributed by atoms with Crippen molar-refractivity contribution in [1.29, 1.82) is 0 Å². The summed E-state index contributed by atoms with van der Waals surface area (Å²) in [6.45, 7) is 2.36. The van der Waals surface area contributed by atoms with Gasteiger partial charge >= 0.3 is 0 Å². The molecule has 1 aliphatic heterocycles. The molecule has 1 N–H and O–H groups in total. The summed E-state index contributed by atoms with van der Waals surface area (Å²) < 4.78 is 0. The minimum atomic E-state index is -0.779. The standard InChI is InChI=1S/C26H26N2O4S/c1-17-14-18(9-10-22(29)19-6-3-2-4-7-19)11-12-28(17)26(32)25(31)20-16-27-21(15-23(20)30)24-8-5-13-33-24/h2-8,13,15-18H,9-12,14H2,1H3,(H,27,30)/t17-,18?/m1/s1. The Kier molecular flexibility index (Phi) is 6.99. The lowest BCUT2D eigenvalue weighted by Gasteiger charge is -2.37. The van der Waals surface area contributed by atoms with E-state index in [-0.39, 0.29) is 17.4 Å². The Morgan fingerprint density at radius 1 is 1.12 bits per heavy atom. The van der Waals surface area contributed by atoms with Gasteiger partial charge in [0.1, 0.15) is 0 Å². The number of rotatable bonds is 7. The highest BCUT2D eigenvalue weighted by molar-refractivity contribution is 7.13. The molecule has 4 rings (SSSR count). The molecule has 1 amide bonds. The minimum Gasteiger partial charge on any atom is -0.360 e. The van der Waals surface area contributed by atoms with Gasteiger partial charge in [0.05, 0.1) is 16.1 Å². The van der Waals surface area contributed by atoms with E-state index in [0.29, 0.717) is 24.6 Å². The molecule has 33 heavy (non-hydrogen) atoms. The highest BCUT2D eigenvalue weighted by Crippen LogP contribution is 2.28. The van der Waals surface area contributed by atoms with Crippen LogP contribution in [0.4, 0.5) is 0 Å². The molecular formula is C26H26N2O4S. The highest BCUT2D eigenvalue weighted by atomic mass is 32.1. The lowest BCUT2D eigenvalue weighted by atomic mass is 9.86. The molecular weight excluding hydrogens is 436 g/mol. The Labute approximate surface area is 196 Å². The van der Waals surface area contributed by atoms with Crippen LogP contribution in [-0.4, -0.2) is 39.9 Å². The Morgan fingerprint density at radius 3 is 2.58 bits per heavy atom. The van der Waals surface area contributed by atoms with E-state index in [1.165, 1.54) is 23.6 Å². The van der Waals surface area contributed by atoms with Gasteiger partial charge in [0, 0.05) is 36.8 Å². The van der Waals surface area contributed by atoms with Crippen LogP contribution in [0, 0.1) is 5.92 Å². The van der Waals surface area contributed by atoms with Gasteiger partial charge in [-0.1, -0.05) is 36.4 Å². The lowest BCUT2D eigenvalue weighted by molar-refractivity contribution is -0.130. The summed E-state index contributed by atoms with van der Waals surface area (Å²) in [7, 11) is 0. The van der Waals surface area contributed by atoms with Gasteiger partial charge < -0.3 is 9.88 Å². The van der Waals surface area contributed by atoms with E-state index in [0.717, 1.165) is 29.7 Å². The third-order valence-electron chi connectivity index (χ3n) is 6.26. The summed E-state index contributed by atoms with van der Waals surface area (Å²) in [5, 5.41) is 1.90. The molecule has 0 aliphatic carbocycles. The number of H-pyrrole nitrogens is 1. The average molecular weight is 463 g/mol. The SMILES string of the molecule is C[C@@H]1CC(CCC(=O)c2ccccc2)CCN1C(=O)C(=O)c1c[nH]c(-c2cccs2)cc1=O. The number of benzene rings is 1. The van der Waals surface area contributed by atoms with Gasteiger partial charge in [0.25, 0.3) is 11.7 Å². The first-order valence-corrected chi connectivity index (χ1v) is 12.0. The number of nitrogens with one attached hydrogen (secondary N) is 1. The summed E-state index contributed by atoms with van der Waals surface area (Å²) in [5.74, 6) is -0.975. The summed E-state index contributed by atoms with van der Waals surface area (Å²) in [6.07, 6.45) is 4.04. The van der Waals surface area contributed by atoms with Crippen LogP contribution < -0.4 is 5.43 Å². The zero-order valence-corrected chi connectivity index (χ0v) is 19.3. The van der Waals surface area contributed by atoms with E-state index in [1.54, 1.807) is 4.90 Å². The zero-order valence-electron chi connectivity index (χ0n) is 18.5. The van der Waals surface area contributed by atoms with Crippen LogP contribution in [0.3, 0.4) is 0 Å². The van der Waals surface area contributed by atoms with Gasteiger partial charge in [0.2, 0.25) is 0 Å². The van der Waals surface area contributed by atoms with Crippen molar-refractivity contribution in [2.45, 2.75) is 38.6 Å². The number of hydrogen-bond donors (Lipinski definition) is 1. The van der Waals surface area contributed by atoms with E-state index >= 15 is 0 Å². The maximum atomic E-state index is 12.9. The number of aromatic nitrogens is 1. The summed E-state index contributed by atoms with van der Waals surface area (Å²) in [5.41, 5.74) is 0.748. The van der Waals surface area contributed by atoms with Crippen molar-refractivity contribution < 1.29 is 14.4 Å². The maximum absolute atomic E-state index is 12.9. The molecule has 6 nitrogen and oxygen atoms in total. The maximum Gasteiger partial charge on any atom is 0.295 e. The van der Waals surface area contributed by atoms with Crippen molar-refractivity contribution in [3.05, 3.63) is 81.5 Å². The lowest BCUT2D eigenvalue weighted by Crippen LogP contribution is -2.48. The zero-order chi connectivity index (χ0) is 23.4. The van der Waals surface area contributed by atoms with Crippen LogP contribution in [0.2, 0.25) is 0 Å². The van der Waals surface area contributed by atoms with Crippen LogP contribution >= 0.6 is 11.3 Å². The number of nitrogens with zero attached hydrogens (tertiary/aromatic N) is 1. The number of piperidine rings is 1. The number of carbonyl (C=O) groups excluding carboxylic acids is 3. The van der Waals surface area contributed by atoms with Gasteiger partial charge in [-0.3, -0.25) is 19.2 Å². The number of Topliss-reactive ketones (excluding diaryl/α,β-unsaturated/α-hetero) is 2. The van der Waals surface area contributed by atoms with Crippen molar-refractivity contribution in [3.8, 4) is 10.6 Å². The Hall–Kier alpha value is -3.32. The van der Waals surface area contributed by atoms with Crippen LogP contribution in [0.5, 0.6) is 0 Å². The van der Waals surface area contributed by atoms with Crippen molar-refractivity contribution in [3.63, 3.8) is 0 Å². The first-order valence-electron chi connectivity index (χ1n) is 11.1. The topological polar surface area (TPSA) is 87.3 Å². The molecule has 2 atom stereocenters. The molecule has 0 radical (unpaired) electrons. The number of aromatic amines is 1. The summed E-state index contributed by atoms with van der Waals surface area (Å²) >= 11 is 1.48.